The molecule has 0 radical (unpaired) electrons. The molecule has 3 aromatic rings. The molecule has 2 aromatic heterocycles. The van der Waals surface area contributed by atoms with Crippen molar-refractivity contribution in [3.8, 4) is 0 Å². The van der Waals surface area contributed by atoms with Crippen LogP contribution in [0.4, 0.5) is 17.6 Å². The van der Waals surface area contributed by atoms with Gasteiger partial charge in [0.1, 0.15) is 6.33 Å². The largest absolute Gasteiger partial charge is 0.352 e. The quantitative estimate of drug-likeness (QED) is 0.414. The molecule has 0 aliphatic heterocycles. The lowest BCUT2D eigenvalue weighted by molar-refractivity contribution is 0.874. The maximum absolute atomic E-state index is 4.54. The number of rotatable bonds is 5. The van der Waals surface area contributed by atoms with Crippen molar-refractivity contribution in [3.05, 3.63) is 42.9 Å². The van der Waals surface area contributed by atoms with Crippen molar-refractivity contribution in [2.75, 3.05) is 9.62 Å². The third kappa shape index (κ3) is 3.48. The van der Waals surface area contributed by atoms with Crippen LogP contribution in [0, 0.1) is 0 Å². The summed E-state index contributed by atoms with van der Waals surface area (Å²) in [5.41, 5.74) is 0.875. The van der Waals surface area contributed by atoms with Crippen molar-refractivity contribution in [2.24, 2.45) is 0 Å². The van der Waals surface area contributed by atoms with Gasteiger partial charge in [0.2, 0.25) is 5.95 Å². The minimum Gasteiger partial charge on any atom is -0.352 e. The Morgan fingerprint density at radius 3 is 2.74 bits per heavy atom. The molecule has 0 atom stereocenters. The fourth-order valence-electron chi connectivity index (χ4n) is 2.13. The molecule has 0 fully saturated rings. The number of para-hydroxylation sites is 1. The molecule has 23 heavy (non-hydrogen) atoms. The van der Waals surface area contributed by atoms with Crippen molar-refractivity contribution >= 4 is 51.1 Å². The molecular formula is C15H16N6S2. The zero-order chi connectivity index (χ0) is 16.2. The van der Waals surface area contributed by atoms with Gasteiger partial charge in [-0.05, 0) is 26.0 Å². The Hall–Kier alpha value is -2.06. The summed E-state index contributed by atoms with van der Waals surface area (Å²) < 4.78 is 1.85. The molecule has 0 saturated heterocycles. The van der Waals surface area contributed by atoms with Gasteiger partial charge >= 0.3 is 0 Å². The van der Waals surface area contributed by atoms with Crippen LogP contribution in [0.5, 0.6) is 0 Å². The van der Waals surface area contributed by atoms with Gasteiger partial charge in [0, 0.05) is 34.7 Å². The fourth-order valence-corrected chi connectivity index (χ4v) is 3.02. The second-order valence-corrected chi connectivity index (χ2v) is 6.15. The third-order valence-corrected chi connectivity index (χ3v) is 4.08. The highest BCUT2D eigenvalue weighted by Crippen LogP contribution is 2.35. The second kappa shape index (κ2) is 7.01. The van der Waals surface area contributed by atoms with Crippen LogP contribution in [0.25, 0.3) is 10.9 Å². The number of anilines is 3. The number of nitrogens with zero attached hydrogens (tertiary/aromatic N) is 5. The van der Waals surface area contributed by atoms with Crippen LogP contribution in [0.1, 0.15) is 13.8 Å². The summed E-state index contributed by atoms with van der Waals surface area (Å²) in [6, 6.07) is 9.92. The Morgan fingerprint density at radius 2 is 1.96 bits per heavy atom. The lowest BCUT2D eigenvalue weighted by Gasteiger charge is -2.20. The van der Waals surface area contributed by atoms with E-state index >= 15 is 0 Å². The van der Waals surface area contributed by atoms with Gasteiger partial charge in [0.05, 0.1) is 5.52 Å². The van der Waals surface area contributed by atoms with Crippen LogP contribution in [0.15, 0.2) is 42.9 Å². The monoisotopic (exact) mass is 344 g/mol. The molecule has 0 spiro atoms. The molecule has 8 heteroatoms. The summed E-state index contributed by atoms with van der Waals surface area (Å²) in [5.74, 6) is 2.01. The van der Waals surface area contributed by atoms with Gasteiger partial charge in [-0.1, -0.05) is 23.8 Å². The van der Waals surface area contributed by atoms with E-state index in [0.29, 0.717) is 11.8 Å². The van der Waals surface area contributed by atoms with Crippen LogP contribution in [-0.4, -0.2) is 26.0 Å². The van der Waals surface area contributed by atoms with E-state index in [0.717, 1.165) is 16.7 Å². The number of fused-ring (bicyclic) bond motifs is 1. The van der Waals surface area contributed by atoms with Crippen LogP contribution < -0.4 is 9.62 Å². The van der Waals surface area contributed by atoms with E-state index in [-0.39, 0.29) is 6.04 Å². The number of nitrogens with one attached hydrogen (secondary N) is 1. The molecule has 118 valence electrons. The first-order valence-corrected chi connectivity index (χ1v) is 8.92. The second-order valence-electron chi connectivity index (χ2n) is 5.13. The van der Waals surface area contributed by atoms with Crippen molar-refractivity contribution in [1.82, 2.24) is 19.9 Å². The molecule has 0 aliphatic rings. The van der Waals surface area contributed by atoms with E-state index in [2.05, 4.69) is 36.9 Å². The molecule has 0 amide bonds. The fraction of sp³-hybridized carbons (Fsp3) is 0.200. The summed E-state index contributed by atoms with van der Waals surface area (Å²) in [5, 5.41) is 4.14. The summed E-state index contributed by atoms with van der Waals surface area (Å²) >= 11 is 4.37. The molecule has 1 N–H and O–H groups in total. The molecular weight excluding hydrogens is 328 g/mol. The van der Waals surface area contributed by atoms with E-state index < -0.39 is 0 Å². The normalized spacial score (nSPS) is 11.0. The van der Waals surface area contributed by atoms with Gasteiger partial charge in [-0.25, -0.2) is 19.3 Å². The van der Waals surface area contributed by atoms with E-state index in [9.17, 15) is 0 Å². The molecule has 1 aromatic carbocycles. The Morgan fingerprint density at radius 1 is 1.13 bits per heavy atom. The highest BCUT2D eigenvalue weighted by atomic mass is 33.1. The summed E-state index contributed by atoms with van der Waals surface area (Å²) in [6.07, 6.45) is 3.26. The number of hydrogen-bond donors (Lipinski definition) is 2. The molecule has 0 unspecified atom stereocenters. The molecule has 0 bridgehead atoms. The predicted molar refractivity (Wildman–Crippen MR) is 99.0 cm³/mol. The zero-order valence-corrected chi connectivity index (χ0v) is 14.4. The van der Waals surface area contributed by atoms with Crippen LogP contribution in [-0.2, 0) is 0 Å². The van der Waals surface area contributed by atoms with Gasteiger partial charge in [-0.3, -0.25) is 0 Å². The number of hydrogen-bond acceptors (Lipinski definition) is 8. The first-order valence-electron chi connectivity index (χ1n) is 7.10. The Balaban J connectivity index is 2.05. The van der Waals surface area contributed by atoms with Gasteiger partial charge < -0.3 is 5.32 Å². The molecule has 2 heterocycles. The van der Waals surface area contributed by atoms with Crippen molar-refractivity contribution in [3.63, 3.8) is 0 Å². The molecule has 0 saturated carbocycles. The lowest BCUT2D eigenvalue weighted by Crippen LogP contribution is -2.15. The summed E-state index contributed by atoms with van der Waals surface area (Å²) in [7, 11) is 1.24. The summed E-state index contributed by atoms with van der Waals surface area (Å²) in [6.45, 7) is 4.08. The highest BCUT2D eigenvalue weighted by molar-refractivity contribution is 8.69. The average Bonchev–Trinajstić information content (AvgIpc) is 2.55. The Bertz CT molecular complexity index is 805. The molecule has 6 nitrogen and oxygen atoms in total. The van der Waals surface area contributed by atoms with Crippen LogP contribution in [0.2, 0.25) is 0 Å². The Labute approximate surface area is 143 Å². The van der Waals surface area contributed by atoms with E-state index in [4.69, 9.17) is 0 Å². The average molecular weight is 344 g/mol. The smallest absolute Gasteiger partial charge is 0.224 e. The number of aromatic nitrogens is 4. The zero-order valence-electron chi connectivity index (χ0n) is 12.7. The SMILES string of the molecule is CC(C)Nc1nccc(N(SS)c2ncnc3ccccc23)n1. The minimum atomic E-state index is 0.252. The van der Waals surface area contributed by atoms with Gasteiger partial charge in [0.25, 0.3) is 0 Å². The first-order chi connectivity index (χ1) is 11.2. The van der Waals surface area contributed by atoms with Crippen LogP contribution in [0.3, 0.4) is 0 Å². The number of thiol groups is 1. The van der Waals surface area contributed by atoms with Crippen molar-refractivity contribution < 1.29 is 0 Å². The number of benzene rings is 1. The molecule has 0 aliphatic carbocycles. The van der Waals surface area contributed by atoms with E-state index in [1.165, 1.54) is 11.0 Å². The predicted octanol–water partition coefficient (Wildman–Crippen LogP) is 3.87. The van der Waals surface area contributed by atoms with Crippen LogP contribution >= 0.6 is 22.6 Å². The van der Waals surface area contributed by atoms with Crippen molar-refractivity contribution in [2.45, 2.75) is 19.9 Å². The standard InChI is InChI=1S/C15H16N6S2/c1-10(2)19-15-16-8-7-13(20-15)21(23-22)14-11-5-3-4-6-12(11)17-9-18-14/h3-10,22H,1-2H3,(H,16,19,20). The van der Waals surface area contributed by atoms with Crippen molar-refractivity contribution in [1.29, 1.82) is 0 Å². The topological polar surface area (TPSA) is 66.8 Å². The van der Waals surface area contributed by atoms with Gasteiger partial charge in [0.15, 0.2) is 11.6 Å². The van der Waals surface area contributed by atoms with E-state index in [1.54, 1.807) is 12.5 Å². The third-order valence-electron chi connectivity index (χ3n) is 3.06. The maximum atomic E-state index is 4.54. The van der Waals surface area contributed by atoms with E-state index in [1.807, 2.05) is 48.5 Å². The lowest BCUT2D eigenvalue weighted by atomic mass is 10.2. The van der Waals surface area contributed by atoms with Gasteiger partial charge in [-0.2, -0.15) is 4.98 Å². The molecule has 3 rings (SSSR count). The Kier molecular flexibility index (Phi) is 4.82. The highest BCUT2D eigenvalue weighted by Gasteiger charge is 2.16. The summed E-state index contributed by atoms with van der Waals surface area (Å²) in [4.78, 5) is 17.5. The first kappa shape index (κ1) is 15.8. The minimum absolute atomic E-state index is 0.252. The maximum Gasteiger partial charge on any atom is 0.224 e. The van der Waals surface area contributed by atoms with Gasteiger partial charge in [-0.15, -0.1) is 0 Å².